The molecule has 3 rings (SSSR count). The fourth-order valence-electron chi connectivity index (χ4n) is 3.30. The molecule has 0 aliphatic rings. The highest BCUT2D eigenvalue weighted by atomic mass is 15.1. The van der Waals surface area contributed by atoms with Gasteiger partial charge in [-0.15, -0.1) is 0 Å². The fourth-order valence-corrected chi connectivity index (χ4v) is 3.30. The van der Waals surface area contributed by atoms with E-state index in [4.69, 9.17) is 9.98 Å². The molecule has 0 saturated heterocycles. The molecule has 0 heterocycles. The van der Waals surface area contributed by atoms with Gasteiger partial charge in [-0.1, -0.05) is 48.5 Å². The van der Waals surface area contributed by atoms with Crippen molar-refractivity contribution < 1.29 is 0 Å². The van der Waals surface area contributed by atoms with Crippen molar-refractivity contribution in [3.8, 4) is 0 Å². The van der Waals surface area contributed by atoms with Crippen LogP contribution in [0.2, 0.25) is 0 Å². The molecule has 0 aliphatic carbocycles. The molecule has 0 N–H and O–H groups in total. The quantitative estimate of drug-likeness (QED) is 0.441. The average molecular weight is 375 g/mol. The summed E-state index contributed by atoms with van der Waals surface area (Å²) in [5.41, 5.74) is 2.38. The summed E-state index contributed by atoms with van der Waals surface area (Å²) >= 11 is 0. The summed E-state index contributed by atoms with van der Waals surface area (Å²) in [4.78, 5) is 13.7. The van der Waals surface area contributed by atoms with E-state index in [-0.39, 0.29) is 0 Å². The Hall–Kier alpha value is -2.56. The maximum atomic E-state index is 4.70. The van der Waals surface area contributed by atoms with E-state index in [1.807, 2.05) is 12.4 Å². The standard InChI is InChI=1S/C24H30N4/c1-27(2)15-13-25-17-23-19-9-5-7-11-21(19)24(18-26-14-16-28(3)4)22-12-8-6-10-20(22)23/h5-12,17-18H,13-16H2,1-4H3. The minimum absolute atomic E-state index is 0.795. The first kappa shape index (κ1) is 20.2. The van der Waals surface area contributed by atoms with E-state index in [2.05, 4.69) is 86.5 Å². The molecule has 0 unspecified atom stereocenters. The number of aliphatic imine (C=N–C) groups is 2. The number of benzene rings is 3. The lowest BCUT2D eigenvalue weighted by molar-refractivity contribution is 0.421. The van der Waals surface area contributed by atoms with E-state index in [1.165, 1.54) is 32.7 Å². The van der Waals surface area contributed by atoms with Crippen molar-refractivity contribution in [3.63, 3.8) is 0 Å². The van der Waals surface area contributed by atoms with E-state index < -0.39 is 0 Å². The van der Waals surface area contributed by atoms with Crippen molar-refractivity contribution >= 4 is 34.0 Å². The molecule has 3 aromatic carbocycles. The van der Waals surface area contributed by atoms with Crippen molar-refractivity contribution in [3.05, 3.63) is 59.7 Å². The third-order valence-corrected chi connectivity index (χ3v) is 4.81. The smallest absolute Gasteiger partial charge is 0.0516 e. The highest BCUT2D eigenvalue weighted by Crippen LogP contribution is 2.31. The lowest BCUT2D eigenvalue weighted by Crippen LogP contribution is -2.15. The fraction of sp³-hybridized carbons (Fsp3) is 0.333. The second-order valence-electron chi connectivity index (χ2n) is 7.60. The molecular weight excluding hydrogens is 344 g/mol. The van der Waals surface area contributed by atoms with Crippen LogP contribution >= 0.6 is 0 Å². The Bertz CT molecular complexity index is 849. The maximum absolute atomic E-state index is 4.70. The predicted octanol–water partition coefficient (Wildman–Crippen LogP) is 3.95. The van der Waals surface area contributed by atoms with E-state index in [0.29, 0.717) is 0 Å². The summed E-state index contributed by atoms with van der Waals surface area (Å²) in [6.45, 7) is 3.48. The van der Waals surface area contributed by atoms with Gasteiger partial charge in [0.25, 0.3) is 0 Å². The van der Waals surface area contributed by atoms with Crippen LogP contribution in [0.15, 0.2) is 58.5 Å². The molecule has 28 heavy (non-hydrogen) atoms. The first-order valence-electron chi connectivity index (χ1n) is 9.80. The van der Waals surface area contributed by atoms with Crippen LogP contribution in [0.3, 0.4) is 0 Å². The Morgan fingerprint density at radius 3 is 1.21 bits per heavy atom. The van der Waals surface area contributed by atoms with Crippen LogP contribution in [0.5, 0.6) is 0 Å². The van der Waals surface area contributed by atoms with Gasteiger partial charge in [-0.2, -0.15) is 0 Å². The SMILES string of the molecule is CN(C)CCN=Cc1c2ccccc2c(C=NCCN(C)C)c2ccccc12. The largest absolute Gasteiger partial charge is 0.308 e. The Balaban J connectivity index is 2.10. The summed E-state index contributed by atoms with van der Waals surface area (Å²) in [7, 11) is 8.30. The number of nitrogens with zero attached hydrogens (tertiary/aromatic N) is 4. The minimum Gasteiger partial charge on any atom is -0.308 e. The van der Waals surface area contributed by atoms with E-state index in [0.717, 1.165) is 26.2 Å². The first-order valence-corrected chi connectivity index (χ1v) is 9.80. The average Bonchev–Trinajstić information content (AvgIpc) is 2.68. The Morgan fingerprint density at radius 2 is 0.929 bits per heavy atom. The lowest BCUT2D eigenvalue weighted by atomic mass is 9.92. The summed E-state index contributed by atoms with van der Waals surface area (Å²) in [6.07, 6.45) is 4.09. The van der Waals surface area contributed by atoms with Crippen LogP contribution in [-0.2, 0) is 0 Å². The first-order chi connectivity index (χ1) is 13.6. The zero-order chi connectivity index (χ0) is 19.9. The number of hydrogen-bond acceptors (Lipinski definition) is 4. The molecule has 146 valence electrons. The van der Waals surface area contributed by atoms with Crippen LogP contribution in [-0.4, -0.2) is 76.6 Å². The summed E-state index contributed by atoms with van der Waals surface area (Å²) in [5.74, 6) is 0. The molecule has 3 aromatic rings. The summed E-state index contributed by atoms with van der Waals surface area (Å²) in [6, 6.07) is 17.1. The highest BCUT2D eigenvalue weighted by molar-refractivity contribution is 6.21. The third-order valence-electron chi connectivity index (χ3n) is 4.81. The molecule has 0 fully saturated rings. The predicted molar refractivity (Wildman–Crippen MR) is 123 cm³/mol. The molecule has 0 radical (unpaired) electrons. The van der Waals surface area contributed by atoms with E-state index >= 15 is 0 Å². The van der Waals surface area contributed by atoms with Crippen molar-refractivity contribution in [2.75, 3.05) is 54.4 Å². The molecule has 0 aromatic heterocycles. The zero-order valence-corrected chi connectivity index (χ0v) is 17.4. The van der Waals surface area contributed by atoms with Gasteiger partial charge in [-0.25, -0.2) is 0 Å². The van der Waals surface area contributed by atoms with Crippen LogP contribution in [0, 0.1) is 0 Å². The van der Waals surface area contributed by atoms with Crippen molar-refractivity contribution in [1.29, 1.82) is 0 Å². The van der Waals surface area contributed by atoms with Gasteiger partial charge in [-0.3, -0.25) is 9.98 Å². The van der Waals surface area contributed by atoms with Crippen LogP contribution in [0.1, 0.15) is 11.1 Å². The Kier molecular flexibility index (Phi) is 6.90. The highest BCUT2D eigenvalue weighted by Gasteiger charge is 2.11. The molecule has 0 saturated carbocycles. The molecule has 0 aliphatic heterocycles. The second kappa shape index (κ2) is 9.58. The molecule has 4 heteroatoms. The van der Waals surface area contributed by atoms with Crippen molar-refractivity contribution in [2.24, 2.45) is 9.98 Å². The summed E-state index contributed by atoms with van der Waals surface area (Å²) in [5, 5.41) is 4.90. The molecule has 0 atom stereocenters. The van der Waals surface area contributed by atoms with Crippen molar-refractivity contribution in [1.82, 2.24) is 9.80 Å². The van der Waals surface area contributed by atoms with Gasteiger partial charge < -0.3 is 9.80 Å². The lowest BCUT2D eigenvalue weighted by Gasteiger charge is -2.13. The van der Waals surface area contributed by atoms with Gasteiger partial charge >= 0.3 is 0 Å². The molecular formula is C24H30N4. The van der Waals surface area contributed by atoms with Gasteiger partial charge in [0.05, 0.1) is 13.1 Å². The van der Waals surface area contributed by atoms with Crippen LogP contribution < -0.4 is 0 Å². The van der Waals surface area contributed by atoms with Gasteiger partial charge in [0, 0.05) is 36.6 Å². The monoisotopic (exact) mass is 374 g/mol. The number of hydrogen-bond donors (Lipinski definition) is 0. The van der Waals surface area contributed by atoms with Crippen LogP contribution in [0.4, 0.5) is 0 Å². The Morgan fingerprint density at radius 1 is 0.607 bits per heavy atom. The maximum Gasteiger partial charge on any atom is 0.0516 e. The van der Waals surface area contributed by atoms with E-state index in [9.17, 15) is 0 Å². The van der Waals surface area contributed by atoms with Crippen LogP contribution in [0.25, 0.3) is 21.5 Å². The van der Waals surface area contributed by atoms with Gasteiger partial charge in [0.1, 0.15) is 0 Å². The van der Waals surface area contributed by atoms with Gasteiger partial charge in [0.2, 0.25) is 0 Å². The molecule has 0 spiro atoms. The number of likely N-dealkylation sites (N-methyl/N-ethyl adjacent to an activating group) is 2. The third kappa shape index (κ3) is 4.83. The second-order valence-corrected chi connectivity index (χ2v) is 7.60. The zero-order valence-electron chi connectivity index (χ0n) is 17.4. The molecule has 0 bridgehead atoms. The topological polar surface area (TPSA) is 31.2 Å². The molecule has 0 amide bonds. The number of rotatable bonds is 8. The van der Waals surface area contributed by atoms with Gasteiger partial charge in [-0.05, 0) is 49.7 Å². The minimum atomic E-state index is 0.795. The number of fused-ring (bicyclic) bond motifs is 2. The van der Waals surface area contributed by atoms with Crippen molar-refractivity contribution in [2.45, 2.75) is 0 Å². The normalized spacial score (nSPS) is 12.5. The van der Waals surface area contributed by atoms with E-state index in [1.54, 1.807) is 0 Å². The Labute approximate surface area is 168 Å². The summed E-state index contributed by atoms with van der Waals surface area (Å²) < 4.78 is 0. The van der Waals surface area contributed by atoms with Gasteiger partial charge in [0.15, 0.2) is 0 Å². The molecule has 4 nitrogen and oxygen atoms in total.